The van der Waals surface area contributed by atoms with E-state index in [2.05, 4.69) is 38.1 Å². The Morgan fingerprint density at radius 2 is 1.87 bits per heavy atom. The van der Waals surface area contributed by atoms with Crippen LogP contribution in [0.1, 0.15) is 5.56 Å². The fraction of sp³-hybridized carbons (Fsp3) is 0.174. The van der Waals surface area contributed by atoms with E-state index < -0.39 is 0 Å². The van der Waals surface area contributed by atoms with Crippen molar-refractivity contribution in [1.82, 2.24) is 15.0 Å². The number of aromatic nitrogens is 3. The molecule has 4 aromatic rings. The third-order valence-electron chi connectivity index (χ3n) is 5.10. The molecule has 0 unspecified atom stereocenters. The summed E-state index contributed by atoms with van der Waals surface area (Å²) in [4.78, 5) is 14.4. The molecule has 2 aromatic heterocycles. The first kappa shape index (κ1) is 19.4. The Morgan fingerprint density at radius 3 is 2.65 bits per heavy atom. The Labute approximate surface area is 183 Å². The molecular weight excluding hydrogens is 414 g/mol. The predicted molar refractivity (Wildman–Crippen MR) is 119 cm³/mol. The SMILES string of the molecule is N#Cc1cccc(Oc2nc3nc(-c4ccc(N5CCOCC5)cc4)c(Cl)cc3[nH]2)c1. The highest BCUT2D eigenvalue weighted by molar-refractivity contribution is 6.33. The number of nitrogens with zero attached hydrogens (tertiary/aromatic N) is 4. The van der Waals surface area contributed by atoms with Gasteiger partial charge in [-0.3, -0.25) is 0 Å². The highest BCUT2D eigenvalue weighted by atomic mass is 35.5. The number of imidazole rings is 1. The highest BCUT2D eigenvalue weighted by Crippen LogP contribution is 2.31. The lowest BCUT2D eigenvalue weighted by atomic mass is 10.1. The van der Waals surface area contributed by atoms with Crippen LogP contribution in [0.5, 0.6) is 11.8 Å². The smallest absolute Gasteiger partial charge is 0.301 e. The van der Waals surface area contributed by atoms with E-state index >= 15 is 0 Å². The van der Waals surface area contributed by atoms with Gasteiger partial charge in [0, 0.05) is 24.3 Å². The van der Waals surface area contributed by atoms with Gasteiger partial charge in [0.15, 0.2) is 5.65 Å². The summed E-state index contributed by atoms with van der Waals surface area (Å²) in [6, 6.07) is 19.2. The number of H-pyrrole nitrogens is 1. The van der Waals surface area contributed by atoms with Crippen molar-refractivity contribution in [3.05, 3.63) is 65.2 Å². The molecule has 1 fully saturated rings. The third kappa shape index (κ3) is 4.04. The molecule has 7 nitrogen and oxygen atoms in total. The molecule has 0 spiro atoms. The Morgan fingerprint density at radius 1 is 1.06 bits per heavy atom. The largest absolute Gasteiger partial charge is 0.426 e. The molecule has 1 saturated heterocycles. The van der Waals surface area contributed by atoms with Crippen molar-refractivity contribution in [3.63, 3.8) is 0 Å². The van der Waals surface area contributed by atoms with Gasteiger partial charge in [-0.25, -0.2) is 4.98 Å². The van der Waals surface area contributed by atoms with Gasteiger partial charge < -0.3 is 19.4 Å². The van der Waals surface area contributed by atoms with Crippen LogP contribution < -0.4 is 9.64 Å². The Hall–Kier alpha value is -3.60. The first-order chi connectivity index (χ1) is 15.2. The second-order valence-corrected chi connectivity index (χ2v) is 7.53. The second kappa shape index (κ2) is 8.26. The summed E-state index contributed by atoms with van der Waals surface area (Å²) < 4.78 is 11.2. The lowest BCUT2D eigenvalue weighted by Crippen LogP contribution is -2.36. The third-order valence-corrected chi connectivity index (χ3v) is 5.39. The van der Waals surface area contributed by atoms with E-state index in [9.17, 15) is 0 Å². The van der Waals surface area contributed by atoms with Crippen LogP contribution >= 0.6 is 11.6 Å². The zero-order chi connectivity index (χ0) is 21.2. The molecule has 0 saturated carbocycles. The fourth-order valence-electron chi connectivity index (χ4n) is 3.54. The van der Waals surface area contributed by atoms with Gasteiger partial charge in [-0.1, -0.05) is 29.8 Å². The molecule has 5 rings (SSSR count). The number of pyridine rings is 1. The van der Waals surface area contributed by atoms with Crippen LogP contribution in [-0.2, 0) is 4.74 Å². The molecule has 1 N–H and O–H groups in total. The normalized spacial score (nSPS) is 13.9. The van der Waals surface area contributed by atoms with E-state index in [0.717, 1.165) is 37.6 Å². The number of aromatic amines is 1. The molecule has 8 heteroatoms. The van der Waals surface area contributed by atoms with Crippen molar-refractivity contribution >= 4 is 28.5 Å². The molecule has 0 bridgehead atoms. The van der Waals surface area contributed by atoms with Gasteiger partial charge in [0.05, 0.1) is 41.1 Å². The van der Waals surface area contributed by atoms with Gasteiger partial charge in [0.25, 0.3) is 0 Å². The van der Waals surface area contributed by atoms with Crippen molar-refractivity contribution in [1.29, 1.82) is 5.26 Å². The summed E-state index contributed by atoms with van der Waals surface area (Å²) in [7, 11) is 0. The summed E-state index contributed by atoms with van der Waals surface area (Å²) in [5, 5.41) is 9.56. The number of hydrogen-bond donors (Lipinski definition) is 1. The zero-order valence-electron chi connectivity index (χ0n) is 16.5. The molecule has 31 heavy (non-hydrogen) atoms. The first-order valence-corrected chi connectivity index (χ1v) is 10.2. The number of benzene rings is 2. The van der Waals surface area contributed by atoms with Crippen LogP contribution in [0, 0.1) is 11.3 Å². The van der Waals surface area contributed by atoms with Crippen molar-refractivity contribution in [2.24, 2.45) is 0 Å². The number of nitrogens with one attached hydrogen (secondary N) is 1. The van der Waals surface area contributed by atoms with Gasteiger partial charge in [0.1, 0.15) is 5.75 Å². The number of ether oxygens (including phenoxy) is 2. The Balaban J connectivity index is 1.42. The van der Waals surface area contributed by atoms with Crippen molar-refractivity contribution in [2.75, 3.05) is 31.2 Å². The molecule has 154 valence electrons. The predicted octanol–water partition coefficient (Wildman–Crippen LogP) is 4.78. The Bertz CT molecular complexity index is 1270. The monoisotopic (exact) mass is 431 g/mol. The highest BCUT2D eigenvalue weighted by Gasteiger charge is 2.15. The van der Waals surface area contributed by atoms with Crippen LogP contribution in [0.25, 0.3) is 22.4 Å². The van der Waals surface area contributed by atoms with Crippen molar-refractivity contribution in [3.8, 4) is 29.1 Å². The summed E-state index contributed by atoms with van der Waals surface area (Å²) in [6.07, 6.45) is 0. The van der Waals surface area contributed by atoms with Crippen LogP contribution in [0.2, 0.25) is 5.02 Å². The van der Waals surface area contributed by atoms with Gasteiger partial charge in [-0.15, -0.1) is 0 Å². The van der Waals surface area contributed by atoms with Gasteiger partial charge >= 0.3 is 6.01 Å². The van der Waals surface area contributed by atoms with E-state index in [-0.39, 0.29) is 6.01 Å². The molecule has 0 aliphatic carbocycles. The maximum atomic E-state index is 9.04. The number of rotatable bonds is 4. The maximum Gasteiger partial charge on any atom is 0.301 e. The standard InChI is InChI=1S/C23H18ClN5O2/c24-19-13-20-22(28-23(26-20)31-18-3-1-2-15(12-18)14-25)27-21(19)16-4-6-17(7-5-16)29-8-10-30-11-9-29/h1-7,12-13H,8-11H2,(H,26,27,28). The van der Waals surface area contributed by atoms with E-state index in [1.165, 1.54) is 0 Å². The minimum atomic E-state index is 0.286. The molecule has 3 heterocycles. The number of fused-ring (bicyclic) bond motifs is 1. The quantitative estimate of drug-likeness (QED) is 0.500. The van der Waals surface area contributed by atoms with Crippen molar-refractivity contribution in [2.45, 2.75) is 0 Å². The lowest BCUT2D eigenvalue weighted by molar-refractivity contribution is 0.122. The van der Waals surface area contributed by atoms with E-state index in [0.29, 0.717) is 33.2 Å². The summed E-state index contributed by atoms with van der Waals surface area (Å²) in [6.45, 7) is 3.27. The first-order valence-electron chi connectivity index (χ1n) is 9.87. The van der Waals surface area contributed by atoms with Crippen molar-refractivity contribution < 1.29 is 9.47 Å². The average molecular weight is 432 g/mol. The van der Waals surface area contributed by atoms with Crippen LogP contribution in [-0.4, -0.2) is 41.3 Å². The minimum Gasteiger partial charge on any atom is -0.426 e. The van der Waals surface area contributed by atoms with Gasteiger partial charge in [-0.05, 0) is 36.4 Å². The summed E-state index contributed by atoms with van der Waals surface area (Å²) in [5.41, 5.74) is 4.41. The number of morpholine rings is 1. The molecule has 0 radical (unpaired) electrons. The number of halogens is 1. The number of anilines is 1. The Kier molecular flexibility index (Phi) is 5.16. The molecule has 1 aliphatic heterocycles. The molecule has 0 amide bonds. The molecular formula is C23H18ClN5O2. The van der Waals surface area contributed by atoms with Gasteiger partial charge in [-0.2, -0.15) is 10.2 Å². The minimum absolute atomic E-state index is 0.286. The molecule has 1 aliphatic rings. The van der Waals surface area contributed by atoms with E-state index in [1.807, 2.05) is 12.1 Å². The van der Waals surface area contributed by atoms with Gasteiger partial charge in [0.2, 0.25) is 0 Å². The van der Waals surface area contributed by atoms with Crippen LogP contribution in [0.3, 0.4) is 0 Å². The van der Waals surface area contributed by atoms with Crippen LogP contribution in [0.15, 0.2) is 54.6 Å². The second-order valence-electron chi connectivity index (χ2n) is 7.12. The lowest BCUT2D eigenvalue weighted by Gasteiger charge is -2.28. The number of hydrogen-bond acceptors (Lipinski definition) is 6. The van der Waals surface area contributed by atoms with E-state index in [4.69, 9.17) is 26.3 Å². The number of nitriles is 1. The molecule has 2 aromatic carbocycles. The van der Waals surface area contributed by atoms with E-state index in [1.54, 1.807) is 30.3 Å². The fourth-order valence-corrected chi connectivity index (χ4v) is 3.80. The zero-order valence-corrected chi connectivity index (χ0v) is 17.3. The molecule has 0 atom stereocenters. The van der Waals surface area contributed by atoms with Crippen LogP contribution in [0.4, 0.5) is 5.69 Å². The summed E-state index contributed by atoms with van der Waals surface area (Å²) in [5.74, 6) is 0.517. The average Bonchev–Trinajstić information content (AvgIpc) is 3.20. The topological polar surface area (TPSA) is 87.1 Å². The summed E-state index contributed by atoms with van der Waals surface area (Å²) >= 11 is 6.52. The maximum absolute atomic E-state index is 9.04.